The fourth-order valence-corrected chi connectivity index (χ4v) is 2.71. The highest BCUT2D eigenvalue weighted by Crippen LogP contribution is 2.20. The van der Waals surface area contributed by atoms with E-state index in [-0.39, 0.29) is 5.91 Å². The van der Waals surface area contributed by atoms with Gasteiger partial charge in [0.15, 0.2) is 0 Å². The second-order valence-electron chi connectivity index (χ2n) is 5.22. The standard InChI is InChI=1S/C12H24N2OS.C3H8.3C2H6/c1-13-12(15)6-5-11-4-3-7-14(10-11)8-9-16-2;1-3-2;3*1-2/h11H,3-10H2,1-2H3,(H,13,15);3H2,1-2H3;3*1-2H3. The number of carbonyl (C=O) groups excluding carboxylic acids is 1. The first kappa shape index (κ1) is 32.5. The second kappa shape index (κ2) is 31.5. The predicted octanol–water partition coefficient (Wildman–Crippen LogP) is 6.08. The summed E-state index contributed by atoms with van der Waals surface area (Å²) in [5.74, 6) is 2.14. The van der Waals surface area contributed by atoms with E-state index in [1.807, 2.05) is 53.3 Å². The minimum Gasteiger partial charge on any atom is -0.359 e. The van der Waals surface area contributed by atoms with E-state index in [2.05, 4.69) is 30.3 Å². The van der Waals surface area contributed by atoms with Gasteiger partial charge in [-0.3, -0.25) is 4.79 Å². The topological polar surface area (TPSA) is 32.3 Å². The number of carbonyl (C=O) groups is 1. The molecule has 0 radical (unpaired) electrons. The molecule has 1 unspecified atom stereocenters. The smallest absolute Gasteiger partial charge is 0.219 e. The van der Waals surface area contributed by atoms with Gasteiger partial charge < -0.3 is 10.2 Å². The highest BCUT2D eigenvalue weighted by Gasteiger charge is 2.19. The Hall–Kier alpha value is -0.220. The average Bonchev–Trinajstić information content (AvgIpc) is 2.70. The third-order valence-electron chi connectivity index (χ3n) is 3.27. The van der Waals surface area contributed by atoms with Gasteiger partial charge in [0.25, 0.3) is 0 Å². The fraction of sp³-hybridized carbons (Fsp3) is 0.952. The molecule has 0 bridgehead atoms. The summed E-state index contributed by atoms with van der Waals surface area (Å²) in [6, 6.07) is 0. The average molecular weight is 379 g/mol. The summed E-state index contributed by atoms with van der Waals surface area (Å²) < 4.78 is 0. The van der Waals surface area contributed by atoms with Gasteiger partial charge in [-0.1, -0.05) is 61.8 Å². The van der Waals surface area contributed by atoms with Crippen molar-refractivity contribution in [3.63, 3.8) is 0 Å². The Balaban J connectivity index is -0.000000210. The third kappa shape index (κ3) is 26.1. The lowest BCUT2D eigenvalue weighted by molar-refractivity contribution is -0.121. The Labute approximate surface area is 165 Å². The maximum atomic E-state index is 11.2. The lowest BCUT2D eigenvalue weighted by Crippen LogP contribution is -2.37. The number of piperidine rings is 1. The van der Waals surface area contributed by atoms with Gasteiger partial charge in [-0.15, -0.1) is 0 Å². The van der Waals surface area contributed by atoms with Crippen LogP contribution in [0.3, 0.4) is 0 Å². The van der Waals surface area contributed by atoms with Crippen molar-refractivity contribution < 1.29 is 4.79 Å². The normalized spacial score (nSPS) is 15.5. The molecule has 0 aromatic carbocycles. The molecule has 4 heteroatoms. The predicted molar refractivity (Wildman–Crippen MR) is 121 cm³/mol. The number of nitrogens with one attached hydrogen (secondary N) is 1. The first-order chi connectivity index (χ1) is 12.2. The van der Waals surface area contributed by atoms with Gasteiger partial charge >= 0.3 is 0 Å². The number of likely N-dealkylation sites (tertiary alicyclic amines) is 1. The van der Waals surface area contributed by atoms with Crippen LogP contribution in [0.25, 0.3) is 0 Å². The van der Waals surface area contributed by atoms with Crippen LogP contribution in [0.2, 0.25) is 0 Å². The van der Waals surface area contributed by atoms with Crippen LogP contribution in [0.4, 0.5) is 0 Å². The summed E-state index contributed by atoms with van der Waals surface area (Å²) in [7, 11) is 1.72. The van der Waals surface area contributed by atoms with Crippen LogP contribution in [-0.2, 0) is 4.79 Å². The zero-order valence-electron chi connectivity index (χ0n) is 19.2. The van der Waals surface area contributed by atoms with E-state index in [1.54, 1.807) is 7.05 Å². The summed E-state index contributed by atoms with van der Waals surface area (Å²) in [5, 5.41) is 2.69. The summed E-state index contributed by atoms with van der Waals surface area (Å²) in [6.07, 6.45) is 7.75. The summed E-state index contributed by atoms with van der Waals surface area (Å²) >= 11 is 1.91. The van der Waals surface area contributed by atoms with Crippen molar-refractivity contribution in [1.82, 2.24) is 10.2 Å². The van der Waals surface area contributed by atoms with Crippen LogP contribution in [0.15, 0.2) is 0 Å². The Kier molecular flexibility index (Phi) is 40.9. The van der Waals surface area contributed by atoms with Gasteiger partial charge in [0.2, 0.25) is 5.91 Å². The minimum absolute atomic E-state index is 0.182. The van der Waals surface area contributed by atoms with Crippen molar-refractivity contribution in [3.05, 3.63) is 0 Å². The number of amides is 1. The summed E-state index contributed by atoms with van der Waals surface area (Å²) in [5.41, 5.74) is 0. The highest BCUT2D eigenvalue weighted by molar-refractivity contribution is 7.98. The molecule has 1 N–H and O–H groups in total. The number of thioether (sulfide) groups is 1. The molecule has 0 aromatic rings. The van der Waals surface area contributed by atoms with E-state index in [0.717, 1.165) is 12.3 Å². The number of hydrogen-bond donors (Lipinski definition) is 1. The molecule has 1 heterocycles. The van der Waals surface area contributed by atoms with Crippen molar-refractivity contribution in [1.29, 1.82) is 0 Å². The van der Waals surface area contributed by atoms with Crippen LogP contribution < -0.4 is 5.32 Å². The molecule has 1 rings (SSSR count). The molecule has 0 saturated carbocycles. The molecule has 1 saturated heterocycles. The lowest BCUT2D eigenvalue weighted by Gasteiger charge is -2.32. The van der Waals surface area contributed by atoms with E-state index in [9.17, 15) is 4.79 Å². The van der Waals surface area contributed by atoms with Crippen molar-refractivity contribution in [2.75, 3.05) is 38.7 Å². The molecule has 1 amide bonds. The quantitative estimate of drug-likeness (QED) is 0.607. The summed E-state index contributed by atoms with van der Waals surface area (Å²) in [4.78, 5) is 13.7. The third-order valence-corrected chi connectivity index (χ3v) is 3.86. The molecular formula is C21H50N2OS. The van der Waals surface area contributed by atoms with E-state index in [1.165, 1.54) is 44.6 Å². The van der Waals surface area contributed by atoms with Gasteiger partial charge in [0, 0.05) is 32.3 Å². The monoisotopic (exact) mass is 378 g/mol. The minimum atomic E-state index is 0.182. The number of rotatable bonds is 6. The Morgan fingerprint density at radius 2 is 1.64 bits per heavy atom. The molecule has 3 nitrogen and oxygen atoms in total. The Morgan fingerprint density at radius 3 is 2.08 bits per heavy atom. The molecule has 1 aliphatic rings. The maximum Gasteiger partial charge on any atom is 0.219 e. The van der Waals surface area contributed by atoms with Gasteiger partial charge in [-0.25, -0.2) is 0 Å². The van der Waals surface area contributed by atoms with Crippen LogP contribution in [0.1, 0.15) is 87.5 Å². The molecule has 1 atom stereocenters. The zero-order chi connectivity index (χ0) is 20.5. The lowest BCUT2D eigenvalue weighted by atomic mass is 9.93. The molecule has 25 heavy (non-hydrogen) atoms. The highest BCUT2D eigenvalue weighted by atomic mass is 32.2. The van der Waals surface area contributed by atoms with E-state index < -0.39 is 0 Å². The Bertz CT molecular complexity index is 226. The van der Waals surface area contributed by atoms with Crippen molar-refractivity contribution in [2.24, 2.45) is 5.92 Å². The molecular weight excluding hydrogens is 328 g/mol. The first-order valence-corrected chi connectivity index (χ1v) is 12.0. The fourth-order valence-electron chi connectivity index (χ4n) is 2.27. The Morgan fingerprint density at radius 1 is 1.12 bits per heavy atom. The molecule has 1 fully saturated rings. The molecule has 0 aromatic heterocycles. The van der Waals surface area contributed by atoms with Crippen molar-refractivity contribution >= 4 is 17.7 Å². The maximum absolute atomic E-state index is 11.2. The van der Waals surface area contributed by atoms with E-state index in [0.29, 0.717) is 6.42 Å². The van der Waals surface area contributed by atoms with E-state index in [4.69, 9.17) is 0 Å². The molecule has 1 aliphatic heterocycles. The first-order valence-electron chi connectivity index (χ1n) is 10.6. The second-order valence-corrected chi connectivity index (χ2v) is 6.21. The van der Waals surface area contributed by atoms with Gasteiger partial charge in [0.1, 0.15) is 0 Å². The number of hydrogen-bond acceptors (Lipinski definition) is 3. The molecule has 0 spiro atoms. The van der Waals surface area contributed by atoms with Crippen molar-refractivity contribution in [3.8, 4) is 0 Å². The SMILES string of the molecule is CC.CC.CC.CCC.CNC(=O)CCC1CCCN(CCSC)C1. The van der Waals surface area contributed by atoms with Crippen LogP contribution in [-0.4, -0.2) is 49.5 Å². The van der Waals surface area contributed by atoms with Crippen molar-refractivity contribution in [2.45, 2.75) is 87.5 Å². The zero-order valence-corrected chi connectivity index (χ0v) is 20.0. The molecule has 0 aliphatic carbocycles. The largest absolute Gasteiger partial charge is 0.359 e. The van der Waals surface area contributed by atoms with Crippen LogP contribution >= 0.6 is 11.8 Å². The van der Waals surface area contributed by atoms with Crippen LogP contribution in [0.5, 0.6) is 0 Å². The van der Waals surface area contributed by atoms with Crippen LogP contribution in [0, 0.1) is 5.92 Å². The van der Waals surface area contributed by atoms with E-state index >= 15 is 0 Å². The number of nitrogens with zero attached hydrogens (tertiary/aromatic N) is 1. The van der Waals surface area contributed by atoms with Gasteiger partial charge in [-0.05, 0) is 38.0 Å². The molecule has 156 valence electrons. The van der Waals surface area contributed by atoms with Gasteiger partial charge in [-0.2, -0.15) is 11.8 Å². The summed E-state index contributed by atoms with van der Waals surface area (Å²) in [6.45, 7) is 19.9. The van der Waals surface area contributed by atoms with Gasteiger partial charge in [0.05, 0.1) is 0 Å².